The standard InChI is InChI=1S/C7H16N2O2/c1-8-7(6-10)9-2-4-11-5-3-9/h7-8,10H,2-6H2,1H3. The molecule has 0 radical (unpaired) electrons. The molecule has 1 aliphatic heterocycles. The molecule has 1 saturated heterocycles. The zero-order chi connectivity index (χ0) is 8.10. The number of nitrogens with one attached hydrogen (secondary N) is 1. The van der Waals surface area contributed by atoms with Crippen molar-refractivity contribution in [3.8, 4) is 0 Å². The highest BCUT2D eigenvalue weighted by Gasteiger charge is 2.17. The van der Waals surface area contributed by atoms with E-state index in [-0.39, 0.29) is 12.8 Å². The predicted octanol–water partition coefficient (Wildman–Crippen LogP) is -1.14. The molecule has 0 bridgehead atoms. The van der Waals surface area contributed by atoms with E-state index in [0.717, 1.165) is 26.3 Å². The van der Waals surface area contributed by atoms with E-state index < -0.39 is 0 Å². The SMILES string of the molecule is CNC(CO)N1CCOCC1. The smallest absolute Gasteiger partial charge is 0.0834 e. The topological polar surface area (TPSA) is 44.7 Å². The number of hydrogen-bond acceptors (Lipinski definition) is 4. The van der Waals surface area contributed by atoms with Crippen molar-refractivity contribution in [3.05, 3.63) is 0 Å². The van der Waals surface area contributed by atoms with Gasteiger partial charge in [-0.2, -0.15) is 0 Å². The van der Waals surface area contributed by atoms with Crippen molar-refractivity contribution < 1.29 is 9.84 Å². The van der Waals surface area contributed by atoms with Gasteiger partial charge in [-0.15, -0.1) is 0 Å². The van der Waals surface area contributed by atoms with Crippen LogP contribution in [0.5, 0.6) is 0 Å². The quantitative estimate of drug-likeness (QED) is 0.547. The van der Waals surface area contributed by atoms with Gasteiger partial charge >= 0.3 is 0 Å². The van der Waals surface area contributed by atoms with E-state index in [1.165, 1.54) is 0 Å². The number of nitrogens with zero attached hydrogens (tertiary/aromatic N) is 1. The van der Waals surface area contributed by atoms with Crippen LogP contribution in [-0.4, -0.2) is 56.1 Å². The Balaban J connectivity index is 2.30. The molecule has 0 spiro atoms. The molecule has 0 aromatic carbocycles. The largest absolute Gasteiger partial charge is 0.393 e. The first-order valence-corrected chi connectivity index (χ1v) is 3.98. The van der Waals surface area contributed by atoms with Gasteiger partial charge < -0.3 is 15.2 Å². The van der Waals surface area contributed by atoms with E-state index in [1.54, 1.807) is 0 Å². The van der Waals surface area contributed by atoms with Crippen LogP contribution in [0.15, 0.2) is 0 Å². The number of aliphatic hydroxyl groups excluding tert-OH is 1. The maximum atomic E-state index is 8.93. The highest BCUT2D eigenvalue weighted by molar-refractivity contribution is 4.69. The van der Waals surface area contributed by atoms with Crippen molar-refractivity contribution in [3.63, 3.8) is 0 Å². The van der Waals surface area contributed by atoms with Crippen LogP contribution in [0.25, 0.3) is 0 Å². The molecular formula is C7H16N2O2. The van der Waals surface area contributed by atoms with Crippen LogP contribution in [0.1, 0.15) is 0 Å². The molecule has 0 saturated carbocycles. The van der Waals surface area contributed by atoms with Gasteiger partial charge in [0.25, 0.3) is 0 Å². The lowest BCUT2D eigenvalue weighted by molar-refractivity contribution is -0.00381. The molecule has 0 amide bonds. The molecule has 1 fully saturated rings. The van der Waals surface area contributed by atoms with Crippen LogP contribution in [-0.2, 0) is 4.74 Å². The summed E-state index contributed by atoms with van der Waals surface area (Å²) < 4.78 is 5.19. The summed E-state index contributed by atoms with van der Waals surface area (Å²) in [5, 5.41) is 12.0. The molecule has 1 aliphatic rings. The van der Waals surface area contributed by atoms with E-state index in [0.29, 0.717) is 0 Å². The van der Waals surface area contributed by atoms with Crippen molar-refractivity contribution in [2.45, 2.75) is 6.17 Å². The average molecular weight is 160 g/mol. The third-order valence-corrected chi connectivity index (χ3v) is 1.99. The highest BCUT2D eigenvalue weighted by Crippen LogP contribution is 1.99. The Morgan fingerprint density at radius 3 is 2.64 bits per heavy atom. The Hall–Kier alpha value is -0.160. The van der Waals surface area contributed by atoms with Gasteiger partial charge in [-0.05, 0) is 7.05 Å². The molecule has 1 atom stereocenters. The fourth-order valence-electron chi connectivity index (χ4n) is 1.28. The van der Waals surface area contributed by atoms with Gasteiger partial charge in [-0.3, -0.25) is 4.90 Å². The number of morpholine rings is 1. The number of hydrogen-bond donors (Lipinski definition) is 2. The number of rotatable bonds is 3. The number of ether oxygens (including phenoxy) is 1. The first kappa shape index (κ1) is 8.93. The third kappa shape index (κ3) is 2.41. The van der Waals surface area contributed by atoms with Gasteiger partial charge in [0.15, 0.2) is 0 Å². The Morgan fingerprint density at radius 2 is 2.18 bits per heavy atom. The molecule has 0 aromatic heterocycles. The summed E-state index contributed by atoms with van der Waals surface area (Å²) in [6, 6.07) is 0. The molecule has 0 aliphatic carbocycles. The maximum Gasteiger partial charge on any atom is 0.0834 e. The first-order chi connectivity index (χ1) is 5.38. The Morgan fingerprint density at radius 1 is 1.55 bits per heavy atom. The van der Waals surface area contributed by atoms with Crippen molar-refractivity contribution in [1.29, 1.82) is 0 Å². The van der Waals surface area contributed by atoms with Crippen LogP contribution < -0.4 is 5.32 Å². The van der Waals surface area contributed by atoms with E-state index in [1.807, 2.05) is 7.05 Å². The average Bonchev–Trinajstić information content (AvgIpc) is 2.09. The van der Waals surface area contributed by atoms with Gasteiger partial charge in [-0.1, -0.05) is 0 Å². The van der Waals surface area contributed by atoms with Crippen LogP contribution in [0.4, 0.5) is 0 Å². The van der Waals surface area contributed by atoms with Gasteiger partial charge in [0.1, 0.15) is 0 Å². The molecule has 0 aromatic rings. The van der Waals surface area contributed by atoms with Crippen LogP contribution >= 0.6 is 0 Å². The lowest BCUT2D eigenvalue weighted by Gasteiger charge is -2.32. The molecule has 4 nitrogen and oxygen atoms in total. The lowest BCUT2D eigenvalue weighted by atomic mass is 10.3. The minimum absolute atomic E-state index is 0.0962. The highest BCUT2D eigenvalue weighted by atomic mass is 16.5. The summed E-state index contributed by atoms with van der Waals surface area (Å²) in [6.07, 6.45) is 0.0962. The van der Waals surface area contributed by atoms with Crippen LogP contribution in [0.2, 0.25) is 0 Å². The minimum Gasteiger partial charge on any atom is -0.393 e. The van der Waals surface area contributed by atoms with Gasteiger partial charge in [0.2, 0.25) is 0 Å². The third-order valence-electron chi connectivity index (χ3n) is 1.99. The van der Waals surface area contributed by atoms with Crippen molar-refractivity contribution in [2.75, 3.05) is 40.0 Å². The summed E-state index contributed by atoms with van der Waals surface area (Å²) in [7, 11) is 1.86. The normalized spacial score (nSPS) is 23.5. The monoisotopic (exact) mass is 160 g/mol. The van der Waals surface area contributed by atoms with E-state index >= 15 is 0 Å². The summed E-state index contributed by atoms with van der Waals surface area (Å²) in [6.45, 7) is 3.53. The van der Waals surface area contributed by atoms with Crippen molar-refractivity contribution in [2.24, 2.45) is 0 Å². The summed E-state index contributed by atoms with van der Waals surface area (Å²) in [5.74, 6) is 0. The molecule has 2 N–H and O–H groups in total. The molecule has 4 heteroatoms. The van der Waals surface area contributed by atoms with E-state index in [2.05, 4.69) is 10.2 Å². The predicted molar refractivity (Wildman–Crippen MR) is 42.3 cm³/mol. The Kier molecular flexibility index (Phi) is 3.79. The molecule has 11 heavy (non-hydrogen) atoms. The summed E-state index contributed by atoms with van der Waals surface area (Å²) in [4.78, 5) is 2.18. The second-order valence-corrected chi connectivity index (χ2v) is 2.64. The second kappa shape index (κ2) is 4.66. The molecule has 66 valence electrons. The molecule has 1 unspecified atom stereocenters. The van der Waals surface area contributed by atoms with Crippen molar-refractivity contribution in [1.82, 2.24) is 10.2 Å². The number of aliphatic hydroxyl groups is 1. The zero-order valence-electron chi connectivity index (χ0n) is 6.92. The van der Waals surface area contributed by atoms with E-state index in [4.69, 9.17) is 9.84 Å². The zero-order valence-corrected chi connectivity index (χ0v) is 6.92. The van der Waals surface area contributed by atoms with Gasteiger partial charge in [0, 0.05) is 13.1 Å². The molecule has 1 heterocycles. The van der Waals surface area contributed by atoms with E-state index in [9.17, 15) is 0 Å². The lowest BCUT2D eigenvalue weighted by Crippen LogP contribution is -2.51. The van der Waals surface area contributed by atoms with Gasteiger partial charge in [0.05, 0.1) is 26.0 Å². The molecule has 1 rings (SSSR count). The Bertz CT molecular complexity index is 101. The van der Waals surface area contributed by atoms with Crippen LogP contribution in [0.3, 0.4) is 0 Å². The van der Waals surface area contributed by atoms with Gasteiger partial charge in [-0.25, -0.2) is 0 Å². The number of likely N-dealkylation sites (N-methyl/N-ethyl adjacent to an activating group) is 1. The summed E-state index contributed by atoms with van der Waals surface area (Å²) in [5.41, 5.74) is 0. The minimum atomic E-state index is 0.0962. The van der Waals surface area contributed by atoms with Crippen LogP contribution in [0, 0.1) is 0 Å². The maximum absolute atomic E-state index is 8.93. The molecular weight excluding hydrogens is 144 g/mol. The van der Waals surface area contributed by atoms with Crippen molar-refractivity contribution >= 4 is 0 Å². The summed E-state index contributed by atoms with van der Waals surface area (Å²) >= 11 is 0. The second-order valence-electron chi connectivity index (χ2n) is 2.64. The fraction of sp³-hybridized carbons (Fsp3) is 1.00. The fourth-order valence-corrected chi connectivity index (χ4v) is 1.28. The first-order valence-electron chi connectivity index (χ1n) is 3.98. The Labute approximate surface area is 67.1 Å².